The third-order valence-corrected chi connectivity index (χ3v) is 6.38. The SMILES string of the molecule is CC(C)C.COc1cccc2[nH]c(C(=O)NCC(=O)N[C@@H](C[C@@H]3CCCNC3=O)C(=O)COC(=O)c3cccnc3)cc12.[HH].[HH].[HH].[HH]. The lowest BCUT2D eigenvalue weighted by atomic mass is 9.90. The van der Waals surface area contributed by atoms with Crippen LogP contribution < -0.4 is 20.7 Å². The number of piperidine rings is 1. The Balaban J connectivity index is 0. The Bertz CT molecular complexity index is 1440. The second-order valence-corrected chi connectivity index (χ2v) is 10.8. The summed E-state index contributed by atoms with van der Waals surface area (Å²) in [6.07, 6.45) is 4.14. The van der Waals surface area contributed by atoms with Crippen molar-refractivity contribution in [1.29, 1.82) is 0 Å². The Hall–Kier alpha value is -4.74. The van der Waals surface area contributed by atoms with Gasteiger partial charge < -0.3 is 30.4 Å². The van der Waals surface area contributed by atoms with Gasteiger partial charge in [-0.05, 0) is 55.5 Å². The highest BCUT2D eigenvalue weighted by atomic mass is 16.5. The fraction of sp³-hybridized carbons (Fsp3) is 0.419. The molecule has 0 aliphatic carbocycles. The van der Waals surface area contributed by atoms with E-state index in [0.29, 0.717) is 29.6 Å². The highest BCUT2D eigenvalue weighted by Crippen LogP contribution is 2.26. The van der Waals surface area contributed by atoms with Gasteiger partial charge >= 0.3 is 5.97 Å². The molecule has 12 nitrogen and oxygen atoms in total. The van der Waals surface area contributed by atoms with Crippen molar-refractivity contribution >= 4 is 40.4 Å². The number of carbonyl (C=O) groups is 5. The summed E-state index contributed by atoms with van der Waals surface area (Å²) in [4.78, 5) is 69.7. The van der Waals surface area contributed by atoms with Gasteiger partial charge in [-0.25, -0.2) is 4.79 Å². The zero-order valence-corrected chi connectivity index (χ0v) is 24.9. The maximum atomic E-state index is 13.0. The molecule has 0 unspecified atom stereocenters. The summed E-state index contributed by atoms with van der Waals surface area (Å²) >= 11 is 0. The topological polar surface area (TPSA) is 169 Å². The average Bonchev–Trinajstić information content (AvgIpc) is 3.44. The number of nitrogens with one attached hydrogen (secondary N) is 4. The van der Waals surface area contributed by atoms with Crippen LogP contribution in [0.1, 0.15) is 66.6 Å². The van der Waals surface area contributed by atoms with Gasteiger partial charge in [0.05, 0.1) is 25.3 Å². The summed E-state index contributed by atoms with van der Waals surface area (Å²) in [6, 6.07) is 8.92. The molecule has 0 radical (unpaired) electrons. The van der Waals surface area contributed by atoms with Crippen LogP contribution in [0.3, 0.4) is 0 Å². The summed E-state index contributed by atoms with van der Waals surface area (Å²) in [5.41, 5.74) is 1.10. The summed E-state index contributed by atoms with van der Waals surface area (Å²) in [5.74, 6) is -1.74. The molecule has 0 spiro atoms. The highest BCUT2D eigenvalue weighted by Gasteiger charge is 2.30. The first-order valence-corrected chi connectivity index (χ1v) is 14.2. The van der Waals surface area contributed by atoms with Crippen molar-refractivity contribution in [2.75, 3.05) is 26.8 Å². The Morgan fingerprint density at radius 2 is 1.91 bits per heavy atom. The van der Waals surface area contributed by atoms with Crippen molar-refractivity contribution in [2.24, 2.45) is 11.8 Å². The molecule has 12 heteroatoms. The number of aromatic amines is 1. The lowest BCUT2D eigenvalue weighted by Crippen LogP contribution is -2.49. The number of ether oxygens (including phenoxy) is 2. The van der Waals surface area contributed by atoms with Crippen LogP contribution in [0.25, 0.3) is 10.9 Å². The molecule has 0 saturated carbocycles. The fourth-order valence-corrected chi connectivity index (χ4v) is 4.35. The lowest BCUT2D eigenvalue weighted by molar-refractivity contribution is -0.132. The van der Waals surface area contributed by atoms with Gasteiger partial charge in [0.15, 0.2) is 12.4 Å². The second-order valence-electron chi connectivity index (χ2n) is 10.8. The summed E-state index contributed by atoms with van der Waals surface area (Å²) in [7, 11) is 1.53. The van der Waals surface area contributed by atoms with Gasteiger partial charge in [0, 0.05) is 41.5 Å². The minimum Gasteiger partial charge on any atom is -0.496 e. The molecular weight excluding hydrogens is 554 g/mol. The number of carbonyl (C=O) groups excluding carboxylic acids is 5. The standard InChI is InChI=1S/C27H29N5O7.C4H10.4H2/c1-38-23-8-2-7-19-18(23)12-21(31-19)26(36)30-14-24(34)32-20(11-16-5-4-10-29-25(16)35)22(33)15-39-27(37)17-6-3-9-28-13-17;1-4(2)3;;;;/h2-3,6-9,12-13,16,20,31H,4-5,10-11,14-15H2,1H3,(H,29,35)(H,30,36)(H,32,34);4H,1-3H3;4*1H/t16-,20-;;;;;/m0...../s1. The maximum Gasteiger partial charge on any atom is 0.340 e. The van der Waals surface area contributed by atoms with Crippen LogP contribution >= 0.6 is 0 Å². The van der Waals surface area contributed by atoms with E-state index in [1.54, 1.807) is 30.3 Å². The lowest BCUT2D eigenvalue weighted by Gasteiger charge is -2.26. The van der Waals surface area contributed by atoms with E-state index in [4.69, 9.17) is 9.47 Å². The molecule has 2 atom stereocenters. The van der Waals surface area contributed by atoms with E-state index in [1.807, 2.05) is 0 Å². The minimum absolute atomic E-state index is 0. The Kier molecular flexibility index (Phi) is 12.2. The minimum atomic E-state index is -1.10. The third kappa shape index (κ3) is 9.94. The molecule has 4 N–H and O–H groups in total. The second kappa shape index (κ2) is 16.0. The van der Waals surface area contributed by atoms with Gasteiger partial charge in [-0.2, -0.15) is 0 Å². The molecule has 1 aliphatic rings. The number of methoxy groups -OCH3 is 1. The number of hydrogen-bond acceptors (Lipinski definition) is 8. The predicted octanol–water partition coefficient (Wildman–Crippen LogP) is 3.77. The Morgan fingerprint density at radius 3 is 2.58 bits per heavy atom. The van der Waals surface area contributed by atoms with Crippen LogP contribution in [0, 0.1) is 11.8 Å². The number of aromatic nitrogens is 2. The monoisotopic (exact) mass is 601 g/mol. The van der Waals surface area contributed by atoms with Crippen LogP contribution in [0.5, 0.6) is 5.75 Å². The number of rotatable bonds is 11. The third-order valence-electron chi connectivity index (χ3n) is 6.38. The average molecular weight is 602 g/mol. The number of ketones is 1. The molecule has 3 amide bonds. The quantitative estimate of drug-likeness (QED) is 0.241. The normalized spacial score (nSPS) is 15.0. The number of Topliss-reactive ketones (excluding diaryl/α,β-unsaturated/α-hetero) is 1. The van der Waals surface area contributed by atoms with Crippen molar-refractivity contribution in [3.63, 3.8) is 0 Å². The molecule has 1 aliphatic heterocycles. The van der Waals surface area contributed by atoms with Crippen molar-refractivity contribution in [3.05, 3.63) is 60.0 Å². The molecule has 1 aromatic carbocycles. The molecule has 1 fully saturated rings. The van der Waals surface area contributed by atoms with Gasteiger partial charge in [-0.3, -0.25) is 24.2 Å². The zero-order valence-electron chi connectivity index (χ0n) is 24.9. The Morgan fingerprint density at radius 1 is 1.14 bits per heavy atom. The number of fused-ring (bicyclic) bond motifs is 1. The van der Waals surface area contributed by atoms with E-state index < -0.39 is 48.7 Å². The van der Waals surface area contributed by atoms with Gasteiger partial charge in [0.1, 0.15) is 11.4 Å². The van der Waals surface area contributed by atoms with E-state index in [2.05, 4.69) is 46.7 Å². The van der Waals surface area contributed by atoms with Gasteiger partial charge in [-0.1, -0.05) is 26.8 Å². The zero-order chi connectivity index (χ0) is 31.4. The van der Waals surface area contributed by atoms with Crippen molar-refractivity contribution in [3.8, 4) is 5.75 Å². The summed E-state index contributed by atoms with van der Waals surface area (Å²) in [5, 5.41) is 8.57. The van der Waals surface area contributed by atoms with Gasteiger partial charge in [0.2, 0.25) is 11.8 Å². The van der Waals surface area contributed by atoms with E-state index in [9.17, 15) is 24.0 Å². The molecule has 3 heterocycles. The largest absolute Gasteiger partial charge is 0.496 e. The first-order chi connectivity index (χ1) is 20.6. The van der Waals surface area contributed by atoms with Crippen molar-refractivity contribution in [2.45, 2.75) is 46.1 Å². The van der Waals surface area contributed by atoms with Gasteiger partial charge in [0.25, 0.3) is 5.91 Å². The van der Waals surface area contributed by atoms with Crippen molar-refractivity contribution < 1.29 is 39.2 Å². The van der Waals surface area contributed by atoms with E-state index in [0.717, 1.165) is 12.3 Å². The number of H-pyrrole nitrogens is 1. The van der Waals surface area contributed by atoms with Crippen LogP contribution in [0.4, 0.5) is 0 Å². The first kappa shape index (κ1) is 32.8. The molecule has 2 aromatic heterocycles. The van der Waals surface area contributed by atoms with Crippen LogP contribution in [-0.4, -0.2) is 72.3 Å². The van der Waals surface area contributed by atoms with E-state index in [1.165, 1.54) is 25.6 Å². The van der Waals surface area contributed by atoms with Crippen LogP contribution in [0.2, 0.25) is 0 Å². The number of hydrogen-bond donors (Lipinski definition) is 4. The number of pyridine rings is 1. The molecule has 0 bridgehead atoms. The molecule has 4 rings (SSSR count). The molecule has 1 saturated heterocycles. The maximum absolute atomic E-state index is 13.0. The van der Waals surface area contributed by atoms with E-state index in [-0.39, 0.29) is 29.3 Å². The molecule has 238 valence electrons. The van der Waals surface area contributed by atoms with Crippen LogP contribution in [0.15, 0.2) is 48.8 Å². The highest BCUT2D eigenvalue weighted by molar-refractivity contribution is 6.01. The summed E-state index contributed by atoms with van der Waals surface area (Å²) < 4.78 is 10.4. The summed E-state index contributed by atoms with van der Waals surface area (Å²) in [6.45, 7) is 6.03. The smallest absolute Gasteiger partial charge is 0.340 e. The number of nitrogens with zero attached hydrogens (tertiary/aromatic N) is 1. The van der Waals surface area contributed by atoms with Gasteiger partial charge in [-0.15, -0.1) is 0 Å². The molecule has 3 aromatic rings. The molecular formula is C31H47N5O7. The molecule has 43 heavy (non-hydrogen) atoms. The first-order valence-electron chi connectivity index (χ1n) is 14.2. The fourth-order valence-electron chi connectivity index (χ4n) is 4.35. The predicted molar refractivity (Wildman–Crippen MR) is 168 cm³/mol. The Labute approximate surface area is 256 Å². The number of benzene rings is 1. The van der Waals surface area contributed by atoms with Crippen molar-refractivity contribution in [1.82, 2.24) is 25.9 Å². The number of amides is 3. The van der Waals surface area contributed by atoms with Crippen LogP contribution in [-0.2, 0) is 19.1 Å². The van der Waals surface area contributed by atoms with E-state index >= 15 is 0 Å². The number of esters is 1.